The smallest absolute Gasteiger partial charge is 0.237 e. The first-order chi connectivity index (χ1) is 9.51. The topological polar surface area (TPSA) is 132 Å². The van der Waals surface area contributed by atoms with Crippen LogP contribution in [0.1, 0.15) is 0 Å². The summed E-state index contributed by atoms with van der Waals surface area (Å²) in [4.78, 5) is 32.2. The van der Waals surface area contributed by atoms with E-state index in [1.54, 1.807) is 30.0 Å². The van der Waals surface area contributed by atoms with Crippen molar-refractivity contribution in [3.8, 4) is 0 Å². The van der Waals surface area contributed by atoms with Crippen LogP contribution in [0, 0.1) is 0 Å². The van der Waals surface area contributed by atoms with E-state index in [0.717, 1.165) is 0 Å². The molecule has 0 aliphatic heterocycles. The summed E-state index contributed by atoms with van der Waals surface area (Å²) in [5, 5.41) is 2.89. The summed E-state index contributed by atoms with van der Waals surface area (Å²) in [5.74, 6) is -0.260. The van der Waals surface area contributed by atoms with E-state index < -0.39 is 11.8 Å². The number of hydrogen-bond acceptors (Lipinski definition) is 6. The fourth-order valence-electron chi connectivity index (χ4n) is 1.83. The lowest BCUT2D eigenvalue weighted by molar-refractivity contribution is -0.117. The summed E-state index contributed by atoms with van der Waals surface area (Å²) in [6, 6.07) is 0. The lowest BCUT2D eigenvalue weighted by atomic mass is 10.4. The van der Waals surface area contributed by atoms with Crippen molar-refractivity contribution in [3.63, 3.8) is 0 Å². The first-order valence-corrected chi connectivity index (χ1v) is 5.84. The number of anilines is 2. The highest BCUT2D eigenvalue weighted by atomic mass is 16.2. The lowest BCUT2D eigenvalue weighted by Crippen LogP contribution is -2.40. The standard InChI is InChI=1S/C11H15N7O2/c1-14-9-6-17-3-2-15-10(17)11(16-9)18(4-7(12)19)5-8(13)20/h2-3,6,14H,4-5H2,1H3,(H2,12,19)(H2,13,20). The minimum Gasteiger partial charge on any atom is -0.372 e. The number of primary amides is 2. The van der Waals surface area contributed by atoms with Gasteiger partial charge in [0.2, 0.25) is 11.8 Å². The first kappa shape index (κ1) is 13.6. The van der Waals surface area contributed by atoms with Crippen molar-refractivity contribution in [2.45, 2.75) is 0 Å². The Morgan fingerprint density at radius 1 is 1.35 bits per heavy atom. The highest BCUT2D eigenvalue weighted by Gasteiger charge is 2.18. The summed E-state index contributed by atoms with van der Waals surface area (Å²) >= 11 is 0. The molecule has 2 aromatic rings. The number of carbonyl (C=O) groups excluding carboxylic acids is 2. The van der Waals surface area contributed by atoms with Crippen LogP contribution in [-0.4, -0.2) is 46.3 Å². The fourth-order valence-corrected chi connectivity index (χ4v) is 1.83. The van der Waals surface area contributed by atoms with Gasteiger partial charge in [-0.1, -0.05) is 0 Å². The second-order valence-electron chi connectivity index (χ2n) is 4.15. The first-order valence-electron chi connectivity index (χ1n) is 5.84. The minimum atomic E-state index is -0.590. The Balaban J connectivity index is 2.52. The third-order valence-corrected chi connectivity index (χ3v) is 2.61. The number of nitrogens with zero attached hydrogens (tertiary/aromatic N) is 4. The van der Waals surface area contributed by atoms with Gasteiger partial charge < -0.3 is 26.1 Å². The van der Waals surface area contributed by atoms with Crippen molar-refractivity contribution in [2.24, 2.45) is 11.5 Å². The highest BCUT2D eigenvalue weighted by Crippen LogP contribution is 2.20. The molecule has 0 atom stereocenters. The van der Waals surface area contributed by atoms with Crippen LogP contribution in [0.4, 0.5) is 11.6 Å². The van der Waals surface area contributed by atoms with Crippen molar-refractivity contribution in [3.05, 3.63) is 18.6 Å². The molecule has 9 heteroatoms. The van der Waals surface area contributed by atoms with E-state index in [1.165, 1.54) is 4.90 Å². The summed E-state index contributed by atoms with van der Waals surface area (Å²) in [5.41, 5.74) is 10.9. The Hall–Kier alpha value is -2.84. The molecule has 0 radical (unpaired) electrons. The third-order valence-electron chi connectivity index (χ3n) is 2.61. The molecule has 0 saturated carbocycles. The molecule has 20 heavy (non-hydrogen) atoms. The van der Waals surface area contributed by atoms with Gasteiger partial charge in [-0.25, -0.2) is 9.97 Å². The Morgan fingerprint density at radius 3 is 2.55 bits per heavy atom. The van der Waals surface area contributed by atoms with Gasteiger partial charge in [0.05, 0.1) is 19.3 Å². The van der Waals surface area contributed by atoms with Gasteiger partial charge in [-0.3, -0.25) is 9.59 Å². The molecule has 0 saturated heterocycles. The van der Waals surface area contributed by atoms with Gasteiger partial charge in [0.1, 0.15) is 5.82 Å². The maximum atomic E-state index is 11.2. The van der Waals surface area contributed by atoms with E-state index in [1.807, 2.05) is 0 Å². The van der Waals surface area contributed by atoms with Gasteiger partial charge in [0.25, 0.3) is 0 Å². The van der Waals surface area contributed by atoms with Crippen LogP contribution in [-0.2, 0) is 9.59 Å². The number of nitrogens with two attached hydrogens (primary N) is 2. The normalized spacial score (nSPS) is 10.4. The maximum Gasteiger partial charge on any atom is 0.237 e. The minimum absolute atomic E-state index is 0.175. The second kappa shape index (κ2) is 5.43. The number of aromatic nitrogens is 3. The molecule has 2 heterocycles. The van der Waals surface area contributed by atoms with Gasteiger partial charge in [-0.2, -0.15) is 0 Å². The van der Waals surface area contributed by atoms with Crippen molar-refractivity contribution < 1.29 is 9.59 Å². The predicted octanol–water partition coefficient (Wildman–Crippen LogP) is -1.45. The Morgan fingerprint density at radius 2 is 2.00 bits per heavy atom. The fraction of sp³-hybridized carbons (Fsp3) is 0.273. The molecular formula is C11H15N7O2. The van der Waals surface area contributed by atoms with Crippen molar-refractivity contribution in [1.29, 1.82) is 0 Å². The van der Waals surface area contributed by atoms with Crippen molar-refractivity contribution >= 4 is 29.1 Å². The Bertz CT molecular complexity index is 635. The van der Waals surface area contributed by atoms with Gasteiger partial charge in [-0.15, -0.1) is 0 Å². The lowest BCUT2D eigenvalue weighted by Gasteiger charge is -2.21. The summed E-state index contributed by atoms with van der Waals surface area (Å²) in [6.07, 6.45) is 5.05. The van der Waals surface area contributed by atoms with E-state index >= 15 is 0 Å². The molecule has 106 valence electrons. The monoisotopic (exact) mass is 277 g/mol. The Kier molecular flexibility index (Phi) is 3.69. The second-order valence-corrected chi connectivity index (χ2v) is 4.15. The highest BCUT2D eigenvalue weighted by molar-refractivity contribution is 5.86. The maximum absolute atomic E-state index is 11.2. The molecule has 5 N–H and O–H groups in total. The number of hydrogen-bond donors (Lipinski definition) is 3. The zero-order chi connectivity index (χ0) is 14.7. The number of rotatable bonds is 6. The number of fused-ring (bicyclic) bond motifs is 1. The van der Waals surface area contributed by atoms with E-state index in [4.69, 9.17) is 11.5 Å². The van der Waals surface area contributed by atoms with E-state index in [9.17, 15) is 9.59 Å². The van der Waals surface area contributed by atoms with E-state index in [0.29, 0.717) is 17.3 Å². The zero-order valence-electron chi connectivity index (χ0n) is 10.9. The molecule has 2 aromatic heterocycles. The van der Waals surface area contributed by atoms with Crippen molar-refractivity contribution in [1.82, 2.24) is 14.4 Å². The quantitative estimate of drug-likeness (QED) is 0.591. The zero-order valence-corrected chi connectivity index (χ0v) is 10.9. The molecule has 0 fully saturated rings. The van der Waals surface area contributed by atoms with Crippen LogP contribution < -0.4 is 21.7 Å². The average Bonchev–Trinajstić information content (AvgIpc) is 2.83. The van der Waals surface area contributed by atoms with Crippen LogP contribution in [0.5, 0.6) is 0 Å². The van der Waals surface area contributed by atoms with Crippen LogP contribution in [0.3, 0.4) is 0 Å². The van der Waals surface area contributed by atoms with Crippen LogP contribution in [0.15, 0.2) is 18.6 Å². The van der Waals surface area contributed by atoms with Crippen LogP contribution in [0.25, 0.3) is 5.65 Å². The molecule has 9 nitrogen and oxygen atoms in total. The largest absolute Gasteiger partial charge is 0.372 e. The van der Waals surface area contributed by atoms with Crippen LogP contribution in [0.2, 0.25) is 0 Å². The van der Waals surface area contributed by atoms with Gasteiger partial charge >= 0.3 is 0 Å². The SMILES string of the molecule is CNc1cn2ccnc2c(N(CC(N)=O)CC(N)=O)n1. The predicted molar refractivity (Wildman–Crippen MR) is 73.1 cm³/mol. The van der Waals surface area contributed by atoms with Crippen LogP contribution >= 0.6 is 0 Å². The van der Waals surface area contributed by atoms with Crippen molar-refractivity contribution in [2.75, 3.05) is 30.4 Å². The van der Waals surface area contributed by atoms with Gasteiger partial charge in [0, 0.05) is 19.4 Å². The molecule has 0 aromatic carbocycles. The molecule has 0 unspecified atom stereocenters. The molecule has 0 spiro atoms. The average molecular weight is 277 g/mol. The van der Waals surface area contributed by atoms with E-state index in [-0.39, 0.29) is 13.1 Å². The molecule has 0 aliphatic carbocycles. The molecule has 2 amide bonds. The van der Waals surface area contributed by atoms with E-state index in [2.05, 4.69) is 15.3 Å². The number of carbonyl (C=O) groups is 2. The van der Waals surface area contributed by atoms with Gasteiger partial charge in [0.15, 0.2) is 11.5 Å². The molecule has 2 rings (SSSR count). The number of nitrogens with one attached hydrogen (secondary N) is 1. The third kappa shape index (κ3) is 2.76. The molecule has 0 aliphatic rings. The molecular weight excluding hydrogens is 262 g/mol. The summed E-state index contributed by atoms with van der Waals surface area (Å²) < 4.78 is 1.73. The summed E-state index contributed by atoms with van der Waals surface area (Å²) in [6.45, 7) is -0.350. The number of amides is 2. The number of imidazole rings is 1. The van der Waals surface area contributed by atoms with Gasteiger partial charge in [-0.05, 0) is 0 Å². The Labute approximate surface area is 114 Å². The summed E-state index contributed by atoms with van der Waals surface area (Å²) in [7, 11) is 1.71. The molecule has 0 bridgehead atoms.